The molecule has 0 bridgehead atoms. The summed E-state index contributed by atoms with van der Waals surface area (Å²) < 4.78 is 0. The largest absolute Gasteiger partial charge is 0.305 e. The fourth-order valence-corrected chi connectivity index (χ4v) is 2.20. The van der Waals surface area contributed by atoms with E-state index in [4.69, 9.17) is 0 Å². The van der Waals surface area contributed by atoms with Crippen LogP contribution in [0.2, 0.25) is 0 Å². The Balaban J connectivity index is 2.25. The lowest BCUT2D eigenvalue weighted by Gasteiger charge is -2.13. The SMILES string of the molecule is CCN1C(=O)C(=O)c2c(-c3cn[nH]n3)cccc21. The molecule has 0 saturated carbocycles. The summed E-state index contributed by atoms with van der Waals surface area (Å²) in [5, 5.41) is 10.2. The summed E-state index contributed by atoms with van der Waals surface area (Å²) in [6, 6.07) is 5.34. The van der Waals surface area contributed by atoms with Gasteiger partial charge >= 0.3 is 0 Å². The van der Waals surface area contributed by atoms with Gasteiger partial charge in [-0.3, -0.25) is 9.59 Å². The molecule has 2 heterocycles. The Morgan fingerprint density at radius 2 is 2.17 bits per heavy atom. The van der Waals surface area contributed by atoms with E-state index in [2.05, 4.69) is 15.4 Å². The lowest BCUT2D eigenvalue weighted by atomic mass is 10.0. The third kappa shape index (κ3) is 1.29. The summed E-state index contributed by atoms with van der Waals surface area (Å²) in [5.74, 6) is -0.964. The summed E-state index contributed by atoms with van der Waals surface area (Å²) in [6.07, 6.45) is 1.53. The number of fused-ring (bicyclic) bond motifs is 1. The number of ketones is 1. The van der Waals surface area contributed by atoms with E-state index in [-0.39, 0.29) is 0 Å². The maximum absolute atomic E-state index is 12.0. The van der Waals surface area contributed by atoms with Crippen molar-refractivity contribution in [2.45, 2.75) is 6.92 Å². The molecule has 1 N–H and O–H groups in total. The number of carbonyl (C=O) groups is 2. The van der Waals surface area contributed by atoms with E-state index in [1.807, 2.05) is 6.92 Å². The molecule has 0 saturated heterocycles. The van der Waals surface area contributed by atoms with Crippen molar-refractivity contribution in [3.63, 3.8) is 0 Å². The Kier molecular flexibility index (Phi) is 2.22. The summed E-state index contributed by atoms with van der Waals surface area (Å²) in [6.45, 7) is 2.31. The van der Waals surface area contributed by atoms with Crippen LogP contribution in [0.1, 0.15) is 17.3 Å². The number of Topliss-reactive ketones (excluding diaryl/α,β-unsaturated/α-hetero) is 1. The van der Waals surface area contributed by atoms with Gasteiger partial charge in [-0.25, -0.2) is 0 Å². The van der Waals surface area contributed by atoms with Crippen molar-refractivity contribution in [3.05, 3.63) is 30.0 Å². The molecule has 1 aliphatic rings. The highest BCUT2D eigenvalue weighted by molar-refractivity contribution is 6.53. The molecule has 2 aromatic rings. The van der Waals surface area contributed by atoms with Crippen LogP contribution in [0.5, 0.6) is 0 Å². The first-order chi connectivity index (χ1) is 8.74. The van der Waals surface area contributed by atoms with Gasteiger partial charge in [-0.15, -0.1) is 0 Å². The number of rotatable bonds is 2. The lowest BCUT2D eigenvalue weighted by Crippen LogP contribution is -2.29. The number of aromatic amines is 1. The Morgan fingerprint density at radius 3 is 2.83 bits per heavy atom. The van der Waals surface area contributed by atoms with Crippen molar-refractivity contribution in [3.8, 4) is 11.3 Å². The molecule has 1 aliphatic heterocycles. The Morgan fingerprint density at radius 1 is 1.33 bits per heavy atom. The zero-order valence-electron chi connectivity index (χ0n) is 9.67. The summed E-state index contributed by atoms with van der Waals surface area (Å²) in [7, 11) is 0. The number of likely N-dealkylation sites (N-methyl/N-ethyl adjacent to an activating group) is 1. The first-order valence-corrected chi connectivity index (χ1v) is 5.59. The normalized spacial score (nSPS) is 14.2. The molecular weight excluding hydrogens is 232 g/mol. The number of hydrogen-bond acceptors (Lipinski definition) is 4. The molecule has 1 aromatic heterocycles. The number of aromatic nitrogens is 3. The monoisotopic (exact) mass is 242 g/mol. The summed E-state index contributed by atoms with van der Waals surface area (Å²) >= 11 is 0. The van der Waals surface area contributed by atoms with Crippen molar-refractivity contribution in [1.82, 2.24) is 15.4 Å². The standard InChI is InChI=1S/C12H10N4O2/c1-2-16-9-5-3-4-7(8-6-13-15-14-8)10(9)11(17)12(16)18/h3-6H,2H2,1H3,(H,13,14,15). The van der Waals surface area contributed by atoms with Gasteiger partial charge in [0.2, 0.25) is 0 Å². The maximum atomic E-state index is 12.0. The molecule has 1 aromatic carbocycles. The van der Waals surface area contributed by atoms with Crippen LogP contribution in [-0.4, -0.2) is 33.6 Å². The van der Waals surface area contributed by atoms with Gasteiger partial charge in [0.25, 0.3) is 11.7 Å². The molecule has 6 nitrogen and oxygen atoms in total. The van der Waals surface area contributed by atoms with E-state index >= 15 is 0 Å². The van der Waals surface area contributed by atoms with E-state index < -0.39 is 11.7 Å². The summed E-state index contributed by atoms with van der Waals surface area (Å²) in [4.78, 5) is 25.4. The van der Waals surface area contributed by atoms with Crippen molar-refractivity contribution in [2.75, 3.05) is 11.4 Å². The number of carbonyl (C=O) groups excluding carboxylic acids is 2. The molecular formula is C12H10N4O2. The van der Waals surface area contributed by atoms with Gasteiger partial charge in [0, 0.05) is 12.1 Å². The van der Waals surface area contributed by atoms with E-state index in [1.165, 1.54) is 11.1 Å². The fraction of sp³-hybridized carbons (Fsp3) is 0.167. The van der Waals surface area contributed by atoms with Crippen LogP contribution in [0.4, 0.5) is 5.69 Å². The number of amides is 1. The molecule has 3 rings (SSSR count). The van der Waals surface area contributed by atoms with E-state index in [1.54, 1.807) is 18.2 Å². The molecule has 1 amide bonds. The van der Waals surface area contributed by atoms with Gasteiger partial charge in [0.05, 0.1) is 17.4 Å². The van der Waals surface area contributed by atoms with Crippen LogP contribution in [0.3, 0.4) is 0 Å². The first kappa shape index (κ1) is 10.6. The number of benzene rings is 1. The van der Waals surface area contributed by atoms with Gasteiger partial charge in [0.15, 0.2) is 0 Å². The fourth-order valence-electron chi connectivity index (χ4n) is 2.20. The molecule has 0 fully saturated rings. The van der Waals surface area contributed by atoms with E-state index in [0.29, 0.717) is 29.1 Å². The van der Waals surface area contributed by atoms with Gasteiger partial charge in [-0.05, 0) is 13.0 Å². The van der Waals surface area contributed by atoms with Crippen LogP contribution in [0.15, 0.2) is 24.4 Å². The second-order valence-corrected chi connectivity index (χ2v) is 3.93. The van der Waals surface area contributed by atoms with Crippen molar-refractivity contribution >= 4 is 17.4 Å². The average Bonchev–Trinajstić information content (AvgIpc) is 2.98. The average molecular weight is 242 g/mol. The molecule has 18 heavy (non-hydrogen) atoms. The smallest absolute Gasteiger partial charge is 0.299 e. The summed E-state index contributed by atoms with van der Waals surface area (Å²) in [5.41, 5.74) is 2.26. The number of nitrogens with one attached hydrogen (secondary N) is 1. The van der Waals surface area contributed by atoms with Gasteiger partial charge in [0.1, 0.15) is 5.69 Å². The van der Waals surface area contributed by atoms with Crippen LogP contribution < -0.4 is 4.90 Å². The molecule has 0 unspecified atom stereocenters. The second-order valence-electron chi connectivity index (χ2n) is 3.93. The molecule has 90 valence electrons. The predicted molar refractivity (Wildman–Crippen MR) is 64.2 cm³/mol. The first-order valence-electron chi connectivity index (χ1n) is 5.59. The second kappa shape index (κ2) is 3.76. The highest BCUT2D eigenvalue weighted by atomic mass is 16.2. The van der Waals surface area contributed by atoms with Gasteiger partial charge in [-0.2, -0.15) is 15.4 Å². The number of nitrogens with zero attached hydrogens (tertiary/aromatic N) is 3. The highest BCUT2D eigenvalue weighted by Gasteiger charge is 2.37. The van der Waals surface area contributed by atoms with Gasteiger partial charge < -0.3 is 4.90 Å². The molecule has 0 aliphatic carbocycles. The van der Waals surface area contributed by atoms with Crippen LogP contribution in [0, 0.1) is 0 Å². The minimum absolute atomic E-state index is 0.415. The lowest BCUT2D eigenvalue weighted by molar-refractivity contribution is -0.114. The molecule has 0 radical (unpaired) electrons. The number of anilines is 1. The Hall–Kier alpha value is -2.50. The van der Waals surface area contributed by atoms with Crippen LogP contribution in [-0.2, 0) is 4.79 Å². The van der Waals surface area contributed by atoms with Crippen molar-refractivity contribution in [1.29, 1.82) is 0 Å². The Labute approximate surface area is 103 Å². The zero-order chi connectivity index (χ0) is 12.7. The minimum atomic E-state index is -0.483. The number of H-pyrrole nitrogens is 1. The molecule has 0 spiro atoms. The zero-order valence-corrected chi connectivity index (χ0v) is 9.67. The number of hydrogen-bond donors (Lipinski definition) is 1. The Bertz CT molecular complexity index is 634. The predicted octanol–water partition coefficient (Wildman–Crippen LogP) is 1.02. The van der Waals surface area contributed by atoms with Crippen LogP contribution in [0.25, 0.3) is 11.3 Å². The van der Waals surface area contributed by atoms with Gasteiger partial charge in [-0.1, -0.05) is 12.1 Å². The minimum Gasteiger partial charge on any atom is -0.305 e. The third-order valence-electron chi connectivity index (χ3n) is 3.01. The molecule has 0 atom stereocenters. The topological polar surface area (TPSA) is 79.0 Å². The highest BCUT2D eigenvalue weighted by Crippen LogP contribution is 2.35. The third-order valence-corrected chi connectivity index (χ3v) is 3.01. The maximum Gasteiger partial charge on any atom is 0.299 e. The van der Waals surface area contributed by atoms with Crippen LogP contribution >= 0.6 is 0 Å². The van der Waals surface area contributed by atoms with Crippen molar-refractivity contribution in [2.24, 2.45) is 0 Å². The van der Waals surface area contributed by atoms with E-state index in [0.717, 1.165) is 0 Å². The quantitative estimate of drug-likeness (QED) is 0.797. The van der Waals surface area contributed by atoms with E-state index in [9.17, 15) is 9.59 Å². The molecule has 6 heteroatoms. The van der Waals surface area contributed by atoms with Crippen molar-refractivity contribution < 1.29 is 9.59 Å².